The summed E-state index contributed by atoms with van der Waals surface area (Å²) < 4.78 is 17.7. The van der Waals surface area contributed by atoms with Gasteiger partial charge in [0.25, 0.3) is 5.91 Å². The maximum absolute atomic E-state index is 12.2. The van der Waals surface area contributed by atoms with Crippen molar-refractivity contribution in [3.63, 3.8) is 0 Å². The van der Waals surface area contributed by atoms with Gasteiger partial charge in [-0.1, -0.05) is 41.4 Å². The molecule has 10 heteroatoms. The molecule has 1 amide bonds. The molecule has 0 bridgehead atoms. The van der Waals surface area contributed by atoms with Crippen LogP contribution in [-0.2, 0) is 11.4 Å². The Hall–Kier alpha value is -2.52. The quantitative estimate of drug-likeness (QED) is 0.196. The maximum Gasteiger partial charge on any atom is 0.277 e. The van der Waals surface area contributed by atoms with Gasteiger partial charge in [-0.25, -0.2) is 5.43 Å². The standard InChI is InChI=1S/C27H26Cl2N2O4S2/c1-2-33-25-14-18(4-10-24(25)35-16-19-3-9-22(28)23(29)13-19)15-30-31-26(32)17-34-21-7-5-20(6-8-21)27-36-11-12-37-27/h3-10,13-15,27H,2,11-12,16-17H2,1H3,(H,31,32)/b30-15-. The summed E-state index contributed by atoms with van der Waals surface area (Å²) in [4.78, 5) is 12.2. The normalized spacial score (nSPS) is 13.6. The number of rotatable bonds is 11. The van der Waals surface area contributed by atoms with Gasteiger partial charge in [-0.3, -0.25) is 4.79 Å². The van der Waals surface area contributed by atoms with Crippen LogP contribution in [0.1, 0.15) is 28.2 Å². The number of carbonyl (C=O) groups is 1. The molecular formula is C27H26Cl2N2O4S2. The first-order valence-corrected chi connectivity index (χ1v) is 14.5. The van der Waals surface area contributed by atoms with Crippen molar-refractivity contribution in [3.8, 4) is 17.2 Å². The zero-order chi connectivity index (χ0) is 26.0. The van der Waals surface area contributed by atoms with E-state index in [9.17, 15) is 4.79 Å². The minimum absolute atomic E-state index is 0.130. The number of hydrazone groups is 1. The summed E-state index contributed by atoms with van der Waals surface area (Å²) in [6.07, 6.45) is 1.54. The third-order valence-corrected chi connectivity index (χ3v) is 9.04. The summed E-state index contributed by atoms with van der Waals surface area (Å²) in [5, 5.41) is 5.00. The Morgan fingerprint density at radius 1 is 0.973 bits per heavy atom. The average molecular weight is 578 g/mol. The Kier molecular flexibility index (Phi) is 10.3. The lowest BCUT2D eigenvalue weighted by Gasteiger charge is -2.13. The number of ether oxygens (including phenoxy) is 3. The van der Waals surface area contributed by atoms with Crippen molar-refractivity contribution >= 4 is 58.8 Å². The van der Waals surface area contributed by atoms with Crippen LogP contribution >= 0.6 is 46.7 Å². The highest BCUT2D eigenvalue weighted by molar-refractivity contribution is 8.19. The minimum Gasteiger partial charge on any atom is -0.490 e. The van der Waals surface area contributed by atoms with Gasteiger partial charge in [0.1, 0.15) is 12.4 Å². The van der Waals surface area contributed by atoms with Gasteiger partial charge >= 0.3 is 0 Å². The molecule has 37 heavy (non-hydrogen) atoms. The molecule has 0 atom stereocenters. The van der Waals surface area contributed by atoms with Gasteiger partial charge in [0, 0.05) is 11.5 Å². The number of amides is 1. The number of hydrogen-bond acceptors (Lipinski definition) is 7. The fourth-order valence-corrected chi connectivity index (χ4v) is 6.60. The second kappa shape index (κ2) is 13.9. The van der Waals surface area contributed by atoms with Crippen molar-refractivity contribution in [3.05, 3.63) is 87.4 Å². The molecule has 0 spiro atoms. The van der Waals surface area contributed by atoms with Crippen LogP contribution in [0.3, 0.4) is 0 Å². The predicted molar refractivity (Wildman–Crippen MR) is 154 cm³/mol. The van der Waals surface area contributed by atoms with E-state index in [1.807, 2.05) is 54.7 Å². The van der Waals surface area contributed by atoms with Gasteiger partial charge in [0.05, 0.1) is 27.4 Å². The molecule has 194 valence electrons. The van der Waals surface area contributed by atoms with Crippen LogP contribution in [0.4, 0.5) is 0 Å². The Morgan fingerprint density at radius 3 is 2.49 bits per heavy atom. The molecule has 3 aromatic carbocycles. The van der Waals surface area contributed by atoms with E-state index in [-0.39, 0.29) is 12.5 Å². The molecule has 1 fully saturated rings. The van der Waals surface area contributed by atoms with Gasteiger partial charge in [0.15, 0.2) is 18.1 Å². The molecule has 1 aliphatic rings. The van der Waals surface area contributed by atoms with Gasteiger partial charge in [-0.15, -0.1) is 23.5 Å². The largest absolute Gasteiger partial charge is 0.490 e. The van der Waals surface area contributed by atoms with E-state index in [0.717, 1.165) is 11.1 Å². The van der Waals surface area contributed by atoms with Crippen LogP contribution in [0.5, 0.6) is 17.2 Å². The first-order chi connectivity index (χ1) is 18.0. The van der Waals surface area contributed by atoms with E-state index in [1.165, 1.54) is 23.3 Å². The second-order valence-electron chi connectivity index (χ2n) is 7.90. The number of carbonyl (C=O) groups excluding carboxylic acids is 1. The second-order valence-corrected chi connectivity index (χ2v) is 11.4. The number of benzene rings is 3. The van der Waals surface area contributed by atoms with Crippen molar-refractivity contribution < 1.29 is 19.0 Å². The smallest absolute Gasteiger partial charge is 0.277 e. The molecule has 1 heterocycles. The van der Waals surface area contributed by atoms with Crippen molar-refractivity contribution in [1.82, 2.24) is 5.43 Å². The number of nitrogens with zero attached hydrogens (tertiary/aromatic N) is 1. The van der Waals surface area contributed by atoms with Gasteiger partial charge in [-0.2, -0.15) is 5.10 Å². The number of thioether (sulfide) groups is 2. The molecule has 6 nitrogen and oxygen atoms in total. The molecule has 0 aromatic heterocycles. The third-order valence-electron chi connectivity index (χ3n) is 5.19. The van der Waals surface area contributed by atoms with E-state index < -0.39 is 0 Å². The van der Waals surface area contributed by atoms with Gasteiger partial charge in [-0.05, 0) is 66.1 Å². The summed E-state index contributed by atoms with van der Waals surface area (Å²) in [7, 11) is 0. The molecule has 0 unspecified atom stereocenters. The first kappa shape index (κ1) is 27.5. The Balaban J connectivity index is 1.27. The number of halogens is 2. The maximum atomic E-state index is 12.2. The molecule has 1 saturated heterocycles. The lowest BCUT2D eigenvalue weighted by molar-refractivity contribution is -0.123. The molecule has 1 N–H and O–H groups in total. The molecule has 0 radical (unpaired) electrons. The van der Waals surface area contributed by atoms with Crippen LogP contribution in [0.15, 0.2) is 65.8 Å². The van der Waals surface area contributed by atoms with Gasteiger partial charge in [0.2, 0.25) is 0 Å². The zero-order valence-electron chi connectivity index (χ0n) is 20.1. The number of hydrogen-bond donors (Lipinski definition) is 1. The third kappa shape index (κ3) is 8.23. The lowest BCUT2D eigenvalue weighted by atomic mass is 10.2. The molecule has 1 aliphatic heterocycles. The highest BCUT2D eigenvalue weighted by atomic mass is 35.5. The van der Waals surface area contributed by atoms with Crippen molar-refractivity contribution in [2.45, 2.75) is 18.1 Å². The Labute approximate surface area is 235 Å². The summed E-state index contributed by atoms with van der Waals surface area (Å²) in [6, 6.07) is 18.6. The zero-order valence-corrected chi connectivity index (χ0v) is 23.3. The summed E-state index contributed by atoms with van der Waals surface area (Å²) in [5.41, 5.74) is 5.38. The molecular weight excluding hydrogens is 551 g/mol. The monoisotopic (exact) mass is 576 g/mol. The molecule has 3 aromatic rings. The molecule has 0 aliphatic carbocycles. The van der Waals surface area contributed by atoms with E-state index >= 15 is 0 Å². The fraction of sp³-hybridized carbons (Fsp3) is 0.259. The summed E-state index contributed by atoms with van der Waals surface area (Å²) >= 11 is 16.0. The SMILES string of the molecule is CCOc1cc(/C=N\NC(=O)COc2ccc(C3SCCS3)cc2)ccc1OCc1ccc(Cl)c(Cl)c1. The van der Waals surface area contributed by atoms with Crippen molar-refractivity contribution in [1.29, 1.82) is 0 Å². The van der Waals surface area contributed by atoms with E-state index in [2.05, 4.69) is 22.7 Å². The van der Waals surface area contributed by atoms with Crippen molar-refractivity contribution in [2.75, 3.05) is 24.7 Å². The van der Waals surface area contributed by atoms with Crippen LogP contribution in [-0.4, -0.2) is 36.8 Å². The van der Waals surface area contributed by atoms with E-state index in [4.69, 9.17) is 37.4 Å². The van der Waals surface area contributed by atoms with Crippen LogP contribution in [0.25, 0.3) is 0 Å². The first-order valence-electron chi connectivity index (χ1n) is 11.6. The van der Waals surface area contributed by atoms with Crippen molar-refractivity contribution in [2.24, 2.45) is 5.10 Å². The highest BCUT2D eigenvalue weighted by Gasteiger charge is 2.18. The van der Waals surface area contributed by atoms with Crippen LogP contribution in [0.2, 0.25) is 10.0 Å². The topological polar surface area (TPSA) is 69.2 Å². The fourth-order valence-electron chi connectivity index (χ4n) is 3.42. The minimum atomic E-state index is -0.353. The predicted octanol–water partition coefficient (Wildman–Crippen LogP) is 6.98. The number of nitrogens with one attached hydrogen (secondary N) is 1. The lowest BCUT2D eigenvalue weighted by Crippen LogP contribution is -2.24. The van der Waals surface area contributed by atoms with Crippen LogP contribution < -0.4 is 19.6 Å². The highest BCUT2D eigenvalue weighted by Crippen LogP contribution is 2.45. The van der Waals surface area contributed by atoms with Gasteiger partial charge < -0.3 is 14.2 Å². The Morgan fingerprint density at radius 2 is 1.76 bits per heavy atom. The average Bonchev–Trinajstić information content (AvgIpc) is 3.45. The van der Waals surface area contributed by atoms with E-state index in [0.29, 0.717) is 45.1 Å². The molecule has 4 rings (SSSR count). The summed E-state index contributed by atoms with van der Waals surface area (Å²) in [5.74, 6) is 3.80. The molecule has 0 saturated carbocycles. The van der Waals surface area contributed by atoms with E-state index in [1.54, 1.807) is 24.3 Å². The Bertz CT molecular complexity index is 1240. The van der Waals surface area contributed by atoms with Crippen LogP contribution in [0, 0.1) is 0 Å². The summed E-state index contributed by atoms with van der Waals surface area (Å²) in [6.45, 7) is 2.54.